The highest BCUT2D eigenvalue weighted by Crippen LogP contribution is 2.42. The van der Waals surface area contributed by atoms with Crippen LogP contribution in [-0.4, -0.2) is 12.5 Å². The second kappa shape index (κ2) is 6.84. The van der Waals surface area contributed by atoms with E-state index < -0.39 is 0 Å². The number of anilines is 1. The summed E-state index contributed by atoms with van der Waals surface area (Å²) in [7, 11) is 0. The maximum Gasteiger partial charge on any atom is 0.265 e. The number of hydrogen-bond acceptors (Lipinski definition) is 2. The molecule has 1 aliphatic rings. The van der Waals surface area contributed by atoms with Crippen molar-refractivity contribution in [3.63, 3.8) is 0 Å². The van der Waals surface area contributed by atoms with Crippen molar-refractivity contribution in [1.82, 2.24) is 0 Å². The second-order valence-corrected chi connectivity index (χ2v) is 6.38. The molecule has 3 heteroatoms. The van der Waals surface area contributed by atoms with Gasteiger partial charge in [0.25, 0.3) is 5.91 Å². The van der Waals surface area contributed by atoms with Crippen LogP contribution in [0.5, 0.6) is 0 Å². The van der Waals surface area contributed by atoms with Gasteiger partial charge in [0.05, 0.1) is 10.6 Å². The van der Waals surface area contributed by atoms with Gasteiger partial charge in [0, 0.05) is 11.4 Å². The lowest BCUT2D eigenvalue weighted by atomic mass is 10.2. The molecule has 3 rings (SSSR count). The van der Waals surface area contributed by atoms with E-state index in [1.807, 2.05) is 59.5 Å². The third-order valence-electron chi connectivity index (χ3n) is 3.66. The first-order valence-corrected chi connectivity index (χ1v) is 8.46. The Balaban J connectivity index is 1.98. The number of fused-ring (bicyclic) bond motifs is 1. The Morgan fingerprint density at radius 2 is 1.77 bits per heavy atom. The molecular formula is C19H19NOS. The zero-order chi connectivity index (χ0) is 15.4. The van der Waals surface area contributed by atoms with Crippen molar-refractivity contribution in [2.24, 2.45) is 0 Å². The minimum Gasteiger partial charge on any atom is -0.307 e. The summed E-state index contributed by atoms with van der Waals surface area (Å²) in [5, 5.41) is 0. The molecule has 1 aliphatic heterocycles. The van der Waals surface area contributed by atoms with E-state index >= 15 is 0 Å². The molecule has 0 bridgehead atoms. The van der Waals surface area contributed by atoms with E-state index in [1.165, 1.54) is 0 Å². The number of nitrogens with zero attached hydrogens (tertiary/aromatic N) is 1. The third-order valence-corrected chi connectivity index (χ3v) is 4.74. The van der Waals surface area contributed by atoms with Gasteiger partial charge in [-0.05, 0) is 30.2 Å². The van der Waals surface area contributed by atoms with E-state index in [1.54, 1.807) is 11.8 Å². The molecule has 112 valence electrons. The van der Waals surface area contributed by atoms with Crippen LogP contribution in [0.15, 0.2) is 64.4 Å². The van der Waals surface area contributed by atoms with Gasteiger partial charge in [0.2, 0.25) is 0 Å². The highest BCUT2D eigenvalue weighted by molar-refractivity contribution is 8.04. The van der Waals surface area contributed by atoms with Crippen LogP contribution in [-0.2, 0) is 4.79 Å². The number of carbonyl (C=O) groups excluding carboxylic acids is 1. The summed E-state index contributed by atoms with van der Waals surface area (Å²) >= 11 is 1.57. The van der Waals surface area contributed by atoms with Crippen LogP contribution in [0, 0.1) is 0 Å². The lowest BCUT2D eigenvalue weighted by Gasteiger charge is -2.30. The fourth-order valence-electron chi connectivity index (χ4n) is 2.50. The summed E-state index contributed by atoms with van der Waals surface area (Å²) in [5.74, 6) is 0.112. The normalized spacial score (nSPS) is 16.0. The first-order chi connectivity index (χ1) is 10.8. The number of amides is 1. The average Bonchev–Trinajstić information content (AvgIpc) is 2.56. The third kappa shape index (κ3) is 3.09. The van der Waals surface area contributed by atoms with Gasteiger partial charge >= 0.3 is 0 Å². The van der Waals surface area contributed by atoms with E-state index in [9.17, 15) is 4.79 Å². The minimum atomic E-state index is 0.112. The van der Waals surface area contributed by atoms with Crippen LogP contribution < -0.4 is 4.90 Å². The molecule has 0 radical (unpaired) electrons. The van der Waals surface area contributed by atoms with Gasteiger partial charge in [-0.15, -0.1) is 0 Å². The van der Waals surface area contributed by atoms with Crippen LogP contribution in [0.1, 0.15) is 25.3 Å². The molecule has 0 fully saturated rings. The molecule has 0 aromatic heterocycles. The number of rotatable bonds is 4. The molecule has 0 aliphatic carbocycles. The SMILES string of the molecule is CCCCN1C(=O)/C(=C/c2ccccc2)Sc2ccccc21. The van der Waals surface area contributed by atoms with Crippen molar-refractivity contribution in [2.45, 2.75) is 24.7 Å². The zero-order valence-corrected chi connectivity index (χ0v) is 13.5. The number of unbranched alkanes of at least 4 members (excludes halogenated alkanes) is 1. The number of carbonyl (C=O) groups is 1. The van der Waals surface area contributed by atoms with Crippen molar-refractivity contribution in [3.05, 3.63) is 65.1 Å². The quantitative estimate of drug-likeness (QED) is 0.743. The topological polar surface area (TPSA) is 20.3 Å². The van der Waals surface area contributed by atoms with E-state index in [-0.39, 0.29) is 5.91 Å². The van der Waals surface area contributed by atoms with Gasteiger partial charge in [-0.1, -0.05) is 67.6 Å². The van der Waals surface area contributed by atoms with Gasteiger partial charge in [-0.3, -0.25) is 4.79 Å². The van der Waals surface area contributed by atoms with Crippen molar-refractivity contribution in [1.29, 1.82) is 0 Å². The Hall–Kier alpha value is -2.00. The van der Waals surface area contributed by atoms with Gasteiger partial charge in [-0.2, -0.15) is 0 Å². The van der Waals surface area contributed by atoms with Crippen LogP contribution in [0.2, 0.25) is 0 Å². The van der Waals surface area contributed by atoms with Crippen LogP contribution >= 0.6 is 11.8 Å². The Labute approximate surface area is 135 Å². The van der Waals surface area contributed by atoms with Crippen molar-refractivity contribution < 1.29 is 4.79 Å². The number of hydrogen-bond donors (Lipinski definition) is 0. The summed E-state index contributed by atoms with van der Waals surface area (Å²) in [5.41, 5.74) is 2.10. The number of benzene rings is 2. The molecule has 0 saturated carbocycles. The predicted octanol–water partition coefficient (Wildman–Crippen LogP) is 4.97. The maximum atomic E-state index is 12.8. The summed E-state index contributed by atoms with van der Waals surface area (Å²) < 4.78 is 0. The standard InChI is InChI=1S/C19H19NOS/c1-2-3-13-20-16-11-7-8-12-17(16)22-18(19(20)21)14-15-9-5-4-6-10-15/h4-12,14H,2-3,13H2,1H3/b18-14-. The molecule has 2 aromatic rings. The molecule has 0 unspecified atom stereocenters. The van der Waals surface area contributed by atoms with E-state index in [2.05, 4.69) is 13.0 Å². The van der Waals surface area contributed by atoms with Gasteiger partial charge in [0.15, 0.2) is 0 Å². The summed E-state index contributed by atoms with van der Waals surface area (Å²) in [6.07, 6.45) is 4.09. The molecule has 1 heterocycles. The highest BCUT2D eigenvalue weighted by atomic mass is 32.2. The molecular weight excluding hydrogens is 290 g/mol. The lowest BCUT2D eigenvalue weighted by Crippen LogP contribution is -2.35. The lowest BCUT2D eigenvalue weighted by molar-refractivity contribution is -0.114. The molecule has 22 heavy (non-hydrogen) atoms. The van der Waals surface area contributed by atoms with Crippen LogP contribution in [0.25, 0.3) is 6.08 Å². The molecule has 0 atom stereocenters. The molecule has 0 saturated heterocycles. The molecule has 2 nitrogen and oxygen atoms in total. The highest BCUT2D eigenvalue weighted by Gasteiger charge is 2.28. The Morgan fingerprint density at radius 1 is 1.05 bits per heavy atom. The van der Waals surface area contributed by atoms with Crippen LogP contribution in [0.4, 0.5) is 5.69 Å². The first kappa shape index (κ1) is 14.9. The van der Waals surface area contributed by atoms with Gasteiger partial charge < -0.3 is 4.90 Å². The van der Waals surface area contributed by atoms with Gasteiger partial charge in [-0.25, -0.2) is 0 Å². The number of para-hydroxylation sites is 1. The first-order valence-electron chi connectivity index (χ1n) is 7.65. The smallest absolute Gasteiger partial charge is 0.265 e. The largest absolute Gasteiger partial charge is 0.307 e. The number of thioether (sulfide) groups is 1. The van der Waals surface area contributed by atoms with E-state index in [4.69, 9.17) is 0 Å². The molecule has 1 amide bonds. The van der Waals surface area contributed by atoms with E-state index in [0.717, 1.165) is 40.4 Å². The molecule has 0 N–H and O–H groups in total. The maximum absolute atomic E-state index is 12.8. The zero-order valence-electron chi connectivity index (χ0n) is 12.7. The predicted molar refractivity (Wildman–Crippen MR) is 94.0 cm³/mol. The molecule has 0 spiro atoms. The molecule has 2 aromatic carbocycles. The van der Waals surface area contributed by atoms with Crippen molar-refractivity contribution >= 4 is 29.4 Å². The Morgan fingerprint density at radius 3 is 2.55 bits per heavy atom. The second-order valence-electron chi connectivity index (χ2n) is 5.30. The minimum absolute atomic E-state index is 0.112. The van der Waals surface area contributed by atoms with Crippen LogP contribution in [0.3, 0.4) is 0 Å². The van der Waals surface area contributed by atoms with Crippen molar-refractivity contribution in [3.8, 4) is 0 Å². The van der Waals surface area contributed by atoms with Crippen molar-refractivity contribution in [2.75, 3.05) is 11.4 Å². The summed E-state index contributed by atoms with van der Waals surface area (Å²) in [6.45, 7) is 2.93. The summed E-state index contributed by atoms with van der Waals surface area (Å²) in [6, 6.07) is 18.2. The Kier molecular flexibility index (Phi) is 4.64. The average molecular weight is 309 g/mol. The fraction of sp³-hybridized carbons (Fsp3) is 0.211. The monoisotopic (exact) mass is 309 g/mol. The Bertz CT molecular complexity index is 694. The van der Waals surface area contributed by atoms with Gasteiger partial charge in [0.1, 0.15) is 0 Å². The fourth-order valence-corrected chi connectivity index (χ4v) is 3.56. The summed E-state index contributed by atoms with van der Waals surface area (Å²) in [4.78, 5) is 16.7. The van der Waals surface area contributed by atoms with E-state index in [0.29, 0.717) is 0 Å².